The molecule has 1 saturated heterocycles. The van der Waals surface area contributed by atoms with E-state index in [2.05, 4.69) is 10.2 Å². The van der Waals surface area contributed by atoms with Gasteiger partial charge in [-0.1, -0.05) is 6.92 Å². The molecule has 1 amide bonds. The molecule has 5 nitrogen and oxygen atoms in total. The minimum atomic E-state index is 0.0379. The van der Waals surface area contributed by atoms with E-state index in [1.165, 1.54) is 0 Å². The third-order valence-corrected chi connectivity index (χ3v) is 2.87. The van der Waals surface area contributed by atoms with Gasteiger partial charge in [-0.25, -0.2) is 0 Å². The van der Waals surface area contributed by atoms with Crippen LogP contribution < -0.4 is 4.74 Å². The normalized spacial score (nSPS) is 20.1. The van der Waals surface area contributed by atoms with Crippen LogP contribution in [0, 0.1) is 0 Å². The summed E-state index contributed by atoms with van der Waals surface area (Å²) in [5.41, 5.74) is 0. The summed E-state index contributed by atoms with van der Waals surface area (Å²) in [6.07, 6.45) is 4.15. The molecular formula is C12H17N3O2. The van der Waals surface area contributed by atoms with Crippen LogP contribution in [-0.4, -0.2) is 40.2 Å². The summed E-state index contributed by atoms with van der Waals surface area (Å²) in [4.78, 5) is 13.5. The zero-order valence-electron chi connectivity index (χ0n) is 10.0. The summed E-state index contributed by atoms with van der Waals surface area (Å²) in [5, 5.41) is 7.65. The van der Waals surface area contributed by atoms with Crippen molar-refractivity contribution in [2.45, 2.75) is 32.3 Å². The monoisotopic (exact) mass is 235 g/mol. The highest BCUT2D eigenvalue weighted by atomic mass is 16.5. The zero-order chi connectivity index (χ0) is 12.1. The highest BCUT2D eigenvalue weighted by Gasteiger charge is 2.24. The van der Waals surface area contributed by atoms with E-state index in [-0.39, 0.29) is 12.0 Å². The molecule has 1 fully saturated rings. The van der Waals surface area contributed by atoms with Gasteiger partial charge in [0.25, 0.3) is 0 Å². The molecule has 1 unspecified atom stereocenters. The van der Waals surface area contributed by atoms with Gasteiger partial charge in [-0.3, -0.25) is 4.79 Å². The number of rotatable bonds is 3. The maximum atomic E-state index is 11.6. The first-order valence-corrected chi connectivity index (χ1v) is 6.01. The number of piperidine rings is 1. The molecule has 1 aromatic rings. The number of hydrogen-bond acceptors (Lipinski definition) is 4. The Morgan fingerprint density at radius 3 is 3.24 bits per heavy atom. The molecule has 0 N–H and O–H groups in total. The van der Waals surface area contributed by atoms with Crippen LogP contribution in [0.3, 0.4) is 0 Å². The topological polar surface area (TPSA) is 55.3 Å². The van der Waals surface area contributed by atoms with Gasteiger partial charge in [-0.05, 0) is 18.9 Å². The van der Waals surface area contributed by atoms with Gasteiger partial charge in [-0.15, -0.1) is 5.10 Å². The number of hydrogen-bond donors (Lipinski definition) is 0. The van der Waals surface area contributed by atoms with Gasteiger partial charge in [0.15, 0.2) is 0 Å². The molecule has 1 aromatic heterocycles. The van der Waals surface area contributed by atoms with Crippen LogP contribution in [0.4, 0.5) is 0 Å². The Labute approximate surface area is 101 Å². The lowest BCUT2D eigenvalue weighted by atomic mass is 10.1. The molecule has 0 saturated carbocycles. The van der Waals surface area contributed by atoms with Gasteiger partial charge in [0.2, 0.25) is 11.8 Å². The van der Waals surface area contributed by atoms with Crippen LogP contribution in [0.25, 0.3) is 0 Å². The summed E-state index contributed by atoms with van der Waals surface area (Å²) in [5.74, 6) is 0.723. The fourth-order valence-corrected chi connectivity index (χ4v) is 2.01. The van der Waals surface area contributed by atoms with Gasteiger partial charge in [0, 0.05) is 25.2 Å². The average molecular weight is 235 g/mol. The standard InChI is InChI=1S/C12H17N3O2/c1-2-12(16)15-8-4-5-10(9-15)17-11-6-3-7-13-14-11/h3,6-7,10H,2,4-5,8-9H2,1H3. The minimum Gasteiger partial charge on any atom is -0.471 e. The van der Waals surface area contributed by atoms with Crippen LogP contribution in [0.1, 0.15) is 26.2 Å². The number of carbonyl (C=O) groups is 1. The van der Waals surface area contributed by atoms with E-state index in [0.717, 1.165) is 19.4 Å². The second kappa shape index (κ2) is 5.61. The maximum absolute atomic E-state index is 11.6. The molecule has 2 heterocycles. The largest absolute Gasteiger partial charge is 0.471 e. The summed E-state index contributed by atoms with van der Waals surface area (Å²) < 4.78 is 5.71. The van der Waals surface area contributed by atoms with Gasteiger partial charge >= 0.3 is 0 Å². The SMILES string of the molecule is CCC(=O)N1CCCC(Oc2cccnn2)C1. The highest BCUT2D eigenvalue weighted by molar-refractivity contribution is 5.75. The Bertz CT molecular complexity index is 369. The number of carbonyl (C=O) groups excluding carboxylic acids is 1. The molecule has 1 aliphatic rings. The minimum absolute atomic E-state index is 0.0379. The van der Waals surface area contributed by atoms with Crippen LogP contribution in [-0.2, 0) is 4.79 Å². The molecule has 1 atom stereocenters. The number of ether oxygens (including phenoxy) is 1. The van der Waals surface area contributed by atoms with Gasteiger partial charge in [-0.2, -0.15) is 5.10 Å². The van der Waals surface area contributed by atoms with E-state index in [9.17, 15) is 4.79 Å². The molecular weight excluding hydrogens is 218 g/mol. The van der Waals surface area contributed by atoms with Gasteiger partial charge in [0.1, 0.15) is 6.10 Å². The highest BCUT2D eigenvalue weighted by Crippen LogP contribution is 2.16. The van der Waals surface area contributed by atoms with E-state index in [1.54, 1.807) is 18.3 Å². The Balaban J connectivity index is 1.92. The van der Waals surface area contributed by atoms with E-state index < -0.39 is 0 Å². The first kappa shape index (κ1) is 11.8. The second-order valence-corrected chi connectivity index (χ2v) is 4.14. The van der Waals surface area contributed by atoms with Crippen molar-refractivity contribution in [1.29, 1.82) is 0 Å². The van der Waals surface area contributed by atoms with Crippen molar-refractivity contribution in [2.24, 2.45) is 0 Å². The summed E-state index contributed by atoms with van der Waals surface area (Å²) >= 11 is 0. The molecule has 0 bridgehead atoms. The van der Waals surface area contributed by atoms with Crippen molar-refractivity contribution in [2.75, 3.05) is 13.1 Å². The summed E-state index contributed by atoms with van der Waals surface area (Å²) in [6, 6.07) is 3.58. The molecule has 5 heteroatoms. The number of nitrogens with zero attached hydrogens (tertiary/aromatic N) is 3. The number of aromatic nitrogens is 2. The molecule has 92 valence electrons. The maximum Gasteiger partial charge on any atom is 0.233 e. The van der Waals surface area contributed by atoms with Crippen molar-refractivity contribution in [3.63, 3.8) is 0 Å². The first-order chi connectivity index (χ1) is 8.29. The third kappa shape index (κ3) is 3.15. The molecule has 0 aromatic carbocycles. The second-order valence-electron chi connectivity index (χ2n) is 4.14. The fraction of sp³-hybridized carbons (Fsp3) is 0.583. The quantitative estimate of drug-likeness (QED) is 0.791. The van der Waals surface area contributed by atoms with E-state index in [4.69, 9.17) is 4.74 Å². The molecule has 2 rings (SSSR count). The van der Waals surface area contributed by atoms with Crippen LogP contribution in [0.5, 0.6) is 5.88 Å². The third-order valence-electron chi connectivity index (χ3n) is 2.87. The lowest BCUT2D eigenvalue weighted by molar-refractivity contribution is -0.133. The number of likely N-dealkylation sites (tertiary alicyclic amines) is 1. The molecule has 1 aliphatic heterocycles. The average Bonchev–Trinajstić information content (AvgIpc) is 2.39. The lowest BCUT2D eigenvalue weighted by Crippen LogP contribution is -2.44. The predicted octanol–water partition coefficient (Wildman–Crippen LogP) is 1.26. The van der Waals surface area contributed by atoms with E-state index in [1.807, 2.05) is 11.8 Å². The molecule has 0 aliphatic carbocycles. The Morgan fingerprint density at radius 2 is 2.53 bits per heavy atom. The van der Waals surface area contributed by atoms with Crippen LogP contribution >= 0.6 is 0 Å². The van der Waals surface area contributed by atoms with Crippen LogP contribution in [0.15, 0.2) is 18.3 Å². The van der Waals surface area contributed by atoms with Crippen molar-refractivity contribution >= 4 is 5.91 Å². The zero-order valence-corrected chi connectivity index (χ0v) is 10.0. The fourth-order valence-electron chi connectivity index (χ4n) is 2.01. The smallest absolute Gasteiger partial charge is 0.233 e. The van der Waals surface area contributed by atoms with E-state index >= 15 is 0 Å². The molecule has 0 radical (unpaired) electrons. The van der Waals surface area contributed by atoms with Gasteiger partial charge < -0.3 is 9.64 Å². The summed E-state index contributed by atoms with van der Waals surface area (Å²) in [7, 11) is 0. The molecule has 0 spiro atoms. The summed E-state index contributed by atoms with van der Waals surface area (Å²) in [6.45, 7) is 3.38. The first-order valence-electron chi connectivity index (χ1n) is 6.01. The van der Waals surface area contributed by atoms with E-state index in [0.29, 0.717) is 18.8 Å². The molecule has 17 heavy (non-hydrogen) atoms. The van der Waals surface area contributed by atoms with Crippen molar-refractivity contribution in [1.82, 2.24) is 15.1 Å². The Morgan fingerprint density at radius 1 is 1.65 bits per heavy atom. The van der Waals surface area contributed by atoms with Gasteiger partial charge in [0.05, 0.1) is 6.54 Å². The van der Waals surface area contributed by atoms with Crippen molar-refractivity contribution in [3.05, 3.63) is 18.3 Å². The lowest BCUT2D eigenvalue weighted by Gasteiger charge is -2.32. The van der Waals surface area contributed by atoms with Crippen LogP contribution in [0.2, 0.25) is 0 Å². The van der Waals surface area contributed by atoms with Crippen molar-refractivity contribution in [3.8, 4) is 5.88 Å². The Kier molecular flexibility index (Phi) is 3.90. The number of amides is 1. The van der Waals surface area contributed by atoms with Crippen molar-refractivity contribution < 1.29 is 9.53 Å². The predicted molar refractivity (Wildman–Crippen MR) is 62.6 cm³/mol. The Hall–Kier alpha value is -1.65.